The lowest BCUT2D eigenvalue weighted by Crippen LogP contribution is -2.32. The number of nitrogens with one attached hydrogen (secondary N) is 2. The molecule has 1 amide bonds. The first-order chi connectivity index (χ1) is 12.2. The smallest absolute Gasteiger partial charge is 0.251 e. The summed E-state index contributed by atoms with van der Waals surface area (Å²) in [6, 6.07) is 12.8. The van der Waals surface area contributed by atoms with Crippen molar-refractivity contribution < 1.29 is 13.2 Å². The number of rotatable bonds is 7. The predicted molar refractivity (Wildman–Crippen MR) is 104 cm³/mol. The molecular weight excluding hydrogens is 348 g/mol. The lowest BCUT2D eigenvalue weighted by molar-refractivity contribution is 0.0950. The molecule has 140 valence electrons. The number of aryl methyl sites for hydroxylation is 2. The maximum Gasteiger partial charge on any atom is 0.251 e. The minimum absolute atomic E-state index is 0.110. The number of carbonyl (C=O) groups is 1. The second kappa shape index (κ2) is 8.47. The first-order valence-corrected chi connectivity index (χ1v) is 10.2. The van der Waals surface area contributed by atoms with Crippen LogP contribution in [0.2, 0.25) is 0 Å². The molecular formula is C20H26N2O3S. The van der Waals surface area contributed by atoms with Crippen molar-refractivity contribution in [3.8, 4) is 0 Å². The Morgan fingerprint density at radius 2 is 1.58 bits per heavy atom. The Hall–Kier alpha value is -2.18. The fourth-order valence-corrected chi connectivity index (χ4v) is 4.35. The molecule has 0 atom stereocenters. The molecule has 0 bridgehead atoms. The lowest BCUT2D eigenvalue weighted by Gasteiger charge is -2.13. The summed E-state index contributed by atoms with van der Waals surface area (Å²) < 4.78 is 27.0. The van der Waals surface area contributed by atoms with Crippen LogP contribution in [0.4, 0.5) is 0 Å². The molecule has 0 heterocycles. The van der Waals surface area contributed by atoms with Gasteiger partial charge in [0.05, 0.1) is 5.75 Å². The van der Waals surface area contributed by atoms with Gasteiger partial charge in [-0.05, 0) is 51.0 Å². The topological polar surface area (TPSA) is 75.3 Å². The fraction of sp³-hybridized carbons (Fsp3) is 0.350. The summed E-state index contributed by atoms with van der Waals surface area (Å²) in [5.41, 5.74) is 4.14. The highest BCUT2D eigenvalue weighted by Crippen LogP contribution is 2.14. The molecule has 0 radical (unpaired) electrons. The van der Waals surface area contributed by atoms with Crippen molar-refractivity contribution >= 4 is 15.9 Å². The molecule has 5 nitrogen and oxygen atoms in total. The molecule has 0 saturated carbocycles. The maximum atomic E-state index is 12.4. The highest BCUT2D eigenvalue weighted by Gasteiger charge is 2.16. The van der Waals surface area contributed by atoms with Gasteiger partial charge in [0.25, 0.3) is 5.91 Å². The van der Waals surface area contributed by atoms with Gasteiger partial charge in [-0.2, -0.15) is 0 Å². The second-order valence-electron chi connectivity index (χ2n) is 6.86. The van der Waals surface area contributed by atoms with Gasteiger partial charge in [-0.1, -0.05) is 41.5 Å². The number of hydrogen-bond acceptors (Lipinski definition) is 3. The van der Waals surface area contributed by atoms with Gasteiger partial charge in [0.1, 0.15) is 0 Å². The van der Waals surface area contributed by atoms with Crippen LogP contribution in [0, 0.1) is 13.8 Å². The Morgan fingerprint density at radius 3 is 2.15 bits per heavy atom. The van der Waals surface area contributed by atoms with E-state index in [9.17, 15) is 13.2 Å². The van der Waals surface area contributed by atoms with Crippen LogP contribution in [-0.4, -0.2) is 20.4 Å². The molecule has 0 aliphatic heterocycles. The van der Waals surface area contributed by atoms with Crippen molar-refractivity contribution in [1.82, 2.24) is 10.0 Å². The largest absolute Gasteiger partial charge is 0.348 e. The molecule has 0 aromatic heterocycles. The van der Waals surface area contributed by atoms with E-state index in [1.54, 1.807) is 26.0 Å². The Bertz CT molecular complexity index is 869. The molecule has 0 fully saturated rings. The van der Waals surface area contributed by atoms with Gasteiger partial charge in [0.15, 0.2) is 0 Å². The van der Waals surface area contributed by atoms with Crippen LogP contribution < -0.4 is 10.0 Å². The van der Waals surface area contributed by atoms with Gasteiger partial charge in [0.2, 0.25) is 10.0 Å². The molecule has 0 aliphatic rings. The molecule has 2 rings (SSSR count). The predicted octanol–water partition coefficient (Wildman–Crippen LogP) is 3.06. The Morgan fingerprint density at radius 1 is 1.00 bits per heavy atom. The zero-order valence-electron chi connectivity index (χ0n) is 15.7. The molecule has 6 heteroatoms. The monoisotopic (exact) mass is 374 g/mol. The van der Waals surface area contributed by atoms with E-state index in [1.807, 2.05) is 44.2 Å². The van der Waals surface area contributed by atoms with Crippen LogP contribution in [0.15, 0.2) is 42.5 Å². The SMILES string of the molecule is Cc1cc(C)cc(C(=O)NCc2ccccc2CS(=O)(=O)NC(C)C)c1. The summed E-state index contributed by atoms with van der Waals surface area (Å²) in [5.74, 6) is -0.282. The van der Waals surface area contributed by atoms with Crippen molar-refractivity contribution in [2.75, 3.05) is 0 Å². The van der Waals surface area contributed by atoms with E-state index in [0.717, 1.165) is 16.7 Å². The van der Waals surface area contributed by atoms with Crippen molar-refractivity contribution in [2.45, 2.75) is 46.0 Å². The standard InChI is InChI=1S/C20H26N2O3S/c1-14(2)22-26(24,25)13-18-8-6-5-7-17(18)12-21-20(23)19-10-15(3)9-16(4)11-19/h5-11,14,22H,12-13H2,1-4H3,(H,21,23). The minimum Gasteiger partial charge on any atom is -0.348 e. The van der Waals surface area contributed by atoms with E-state index in [2.05, 4.69) is 10.0 Å². The molecule has 0 spiro atoms. The Labute approximate surface area is 155 Å². The second-order valence-corrected chi connectivity index (χ2v) is 8.61. The summed E-state index contributed by atoms with van der Waals surface area (Å²) in [5, 5.41) is 2.88. The van der Waals surface area contributed by atoms with Gasteiger partial charge in [-0.3, -0.25) is 4.79 Å². The summed E-state index contributed by atoms with van der Waals surface area (Å²) in [4.78, 5) is 12.4. The van der Waals surface area contributed by atoms with Crippen LogP contribution in [0.5, 0.6) is 0 Å². The normalized spacial score (nSPS) is 11.6. The summed E-state index contributed by atoms with van der Waals surface area (Å²) in [6.45, 7) is 7.75. The number of benzene rings is 2. The van der Waals surface area contributed by atoms with Crippen molar-refractivity contribution in [3.05, 3.63) is 70.3 Å². The zero-order chi connectivity index (χ0) is 19.3. The molecule has 2 aromatic carbocycles. The van der Waals surface area contributed by atoms with Crippen LogP contribution >= 0.6 is 0 Å². The number of carbonyl (C=O) groups excluding carboxylic acids is 1. The van der Waals surface area contributed by atoms with E-state index in [-0.39, 0.29) is 24.2 Å². The quantitative estimate of drug-likeness (QED) is 0.782. The minimum atomic E-state index is -3.42. The maximum absolute atomic E-state index is 12.4. The molecule has 2 N–H and O–H groups in total. The molecule has 0 unspecified atom stereocenters. The van der Waals surface area contributed by atoms with Crippen molar-refractivity contribution in [1.29, 1.82) is 0 Å². The third-order valence-electron chi connectivity index (χ3n) is 3.80. The molecule has 26 heavy (non-hydrogen) atoms. The van der Waals surface area contributed by atoms with Gasteiger partial charge >= 0.3 is 0 Å². The average Bonchev–Trinajstić information content (AvgIpc) is 2.51. The van der Waals surface area contributed by atoms with Crippen LogP contribution in [0.3, 0.4) is 0 Å². The summed E-state index contributed by atoms with van der Waals surface area (Å²) >= 11 is 0. The van der Waals surface area contributed by atoms with Crippen molar-refractivity contribution in [2.24, 2.45) is 0 Å². The highest BCUT2D eigenvalue weighted by atomic mass is 32.2. The summed E-state index contributed by atoms with van der Waals surface area (Å²) in [7, 11) is -3.42. The first-order valence-electron chi connectivity index (χ1n) is 8.59. The number of sulfonamides is 1. The van der Waals surface area contributed by atoms with E-state index < -0.39 is 10.0 Å². The third-order valence-corrected chi connectivity index (χ3v) is 5.32. The van der Waals surface area contributed by atoms with E-state index in [4.69, 9.17) is 0 Å². The number of hydrogen-bond donors (Lipinski definition) is 2. The highest BCUT2D eigenvalue weighted by molar-refractivity contribution is 7.88. The third kappa shape index (κ3) is 5.97. The number of amides is 1. The lowest BCUT2D eigenvalue weighted by atomic mass is 10.1. The molecule has 0 saturated heterocycles. The van der Waals surface area contributed by atoms with Crippen LogP contribution in [0.25, 0.3) is 0 Å². The van der Waals surface area contributed by atoms with Crippen molar-refractivity contribution in [3.63, 3.8) is 0 Å². The Balaban J connectivity index is 2.12. The first kappa shape index (κ1) is 20.1. The Kier molecular flexibility index (Phi) is 6.56. The van der Waals surface area contributed by atoms with Crippen LogP contribution in [-0.2, 0) is 22.3 Å². The molecule has 0 aliphatic carbocycles. The van der Waals surface area contributed by atoms with E-state index >= 15 is 0 Å². The van der Waals surface area contributed by atoms with E-state index in [0.29, 0.717) is 11.1 Å². The van der Waals surface area contributed by atoms with Crippen LogP contribution in [0.1, 0.15) is 46.5 Å². The van der Waals surface area contributed by atoms with E-state index in [1.165, 1.54) is 0 Å². The fourth-order valence-electron chi connectivity index (χ4n) is 2.86. The average molecular weight is 375 g/mol. The van der Waals surface area contributed by atoms with Gasteiger partial charge < -0.3 is 5.32 Å². The molecule has 2 aromatic rings. The van der Waals surface area contributed by atoms with Gasteiger partial charge in [0, 0.05) is 18.2 Å². The summed E-state index contributed by atoms with van der Waals surface area (Å²) in [6.07, 6.45) is 0. The van der Waals surface area contributed by atoms with Gasteiger partial charge in [-0.15, -0.1) is 0 Å². The van der Waals surface area contributed by atoms with Gasteiger partial charge in [-0.25, -0.2) is 13.1 Å². The zero-order valence-corrected chi connectivity index (χ0v) is 16.5.